The number of nitrogens with one attached hydrogen (secondary N) is 1. The summed E-state index contributed by atoms with van der Waals surface area (Å²) in [4.78, 5) is 15.5. The number of carbonyl (C=O) groups is 1. The van der Waals surface area contributed by atoms with Gasteiger partial charge in [-0.25, -0.2) is 0 Å². The topological polar surface area (TPSA) is 62.3 Å². The summed E-state index contributed by atoms with van der Waals surface area (Å²) in [5.74, 6) is -0.646. The third-order valence-electron chi connectivity index (χ3n) is 4.22. The van der Waals surface area contributed by atoms with E-state index in [2.05, 4.69) is 4.98 Å². The summed E-state index contributed by atoms with van der Waals surface area (Å²) >= 11 is 6.08. The van der Waals surface area contributed by atoms with Gasteiger partial charge >= 0.3 is 5.97 Å². The van der Waals surface area contributed by atoms with Crippen LogP contribution < -0.4 is 0 Å². The largest absolute Gasteiger partial charge is 0.465 e. The molecule has 2 unspecified atom stereocenters. The molecule has 5 heteroatoms. The van der Waals surface area contributed by atoms with E-state index in [9.17, 15) is 9.90 Å². The van der Waals surface area contributed by atoms with Gasteiger partial charge in [0, 0.05) is 33.2 Å². The Morgan fingerprint density at radius 1 is 1.17 bits per heavy atom. The van der Waals surface area contributed by atoms with Crippen LogP contribution in [0.25, 0.3) is 21.8 Å². The van der Waals surface area contributed by atoms with Gasteiger partial charge in [0.2, 0.25) is 0 Å². The van der Waals surface area contributed by atoms with E-state index in [4.69, 9.17) is 16.3 Å². The summed E-state index contributed by atoms with van der Waals surface area (Å²) in [6, 6.07) is 11.6. The number of hydrogen-bond acceptors (Lipinski definition) is 3. The van der Waals surface area contributed by atoms with E-state index in [1.807, 2.05) is 43.3 Å². The molecule has 2 N–H and O–H groups in total. The maximum absolute atomic E-state index is 12.1. The number of carbonyl (C=O) groups excluding carboxylic acids is 1. The summed E-state index contributed by atoms with van der Waals surface area (Å²) in [6.07, 6.45) is -0.0251. The number of aromatic amines is 1. The van der Waals surface area contributed by atoms with Crippen molar-refractivity contribution in [1.82, 2.24) is 4.98 Å². The number of rotatable bonds is 5. The summed E-state index contributed by atoms with van der Waals surface area (Å²) in [7, 11) is 0. The lowest BCUT2D eigenvalue weighted by Crippen LogP contribution is -2.16. The average Bonchev–Trinajstić information content (AvgIpc) is 2.90. The number of hydrogen-bond donors (Lipinski definition) is 2. The highest BCUT2D eigenvalue weighted by molar-refractivity contribution is 6.31. The number of aliphatic hydroxyl groups is 1. The lowest BCUT2D eigenvalue weighted by Gasteiger charge is -2.12. The van der Waals surface area contributed by atoms with E-state index < -0.39 is 6.10 Å². The monoisotopic (exact) mass is 345 g/mol. The van der Waals surface area contributed by atoms with Gasteiger partial charge in [0.1, 0.15) is 0 Å². The first-order chi connectivity index (χ1) is 11.5. The molecule has 2 atom stereocenters. The first kappa shape index (κ1) is 16.8. The van der Waals surface area contributed by atoms with Crippen molar-refractivity contribution >= 4 is 39.4 Å². The Kier molecular flexibility index (Phi) is 4.78. The number of fused-ring (bicyclic) bond motifs is 3. The zero-order chi connectivity index (χ0) is 17.3. The molecule has 0 aliphatic rings. The molecule has 4 nitrogen and oxygen atoms in total. The molecule has 3 rings (SSSR count). The molecular formula is C19H20ClNO3. The van der Waals surface area contributed by atoms with Gasteiger partial charge in [-0.1, -0.05) is 23.7 Å². The Morgan fingerprint density at radius 2 is 1.96 bits per heavy atom. The number of ether oxygens (including phenoxy) is 1. The van der Waals surface area contributed by atoms with Gasteiger partial charge in [0.05, 0.1) is 18.6 Å². The predicted octanol–water partition coefficient (Wildman–Crippen LogP) is 4.39. The van der Waals surface area contributed by atoms with E-state index in [0.717, 1.165) is 27.4 Å². The molecule has 0 amide bonds. The molecule has 0 aliphatic heterocycles. The van der Waals surface area contributed by atoms with Crippen molar-refractivity contribution in [2.45, 2.75) is 32.3 Å². The Bertz CT molecular complexity index is 885. The molecule has 0 saturated carbocycles. The molecule has 24 heavy (non-hydrogen) atoms. The fourth-order valence-corrected chi connectivity index (χ4v) is 2.93. The molecule has 3 aromatic rings. The van der Waals surface area contributed by atoms with E-state index in [-0.39, 0.29) is 18.5 Å². The van der Waals surface area contributed by atoms with Gasteiger partial charge in [0.15, 0.2) is 0 Å². The number of benzene rings is 2. The maximum Gasteiger partial charge on any atom is 0.313 e. The molecule has 126 valence electrons. The molecule has 0 radical (unpaired) electrons. The van der Waals surface area contributed by atoms with E-state index in [0.29, 0.717) is 11.4 Å². The standard InChI is InChI=1S/C19H20ClNO3/c1-11(22)7-8-24-19(23)12(2)13-3-5-15-16-10-14(20)4-6-17(16)21-18(15)9-13/h3-6,9-12,21-22H,7-8H2,1-2H3. The number of esters is 1. The van der Waals surface area contributed by atoms with Crippen molar-refractivity contribution in [3.05, 3.63) is 47.0 Å². The highest BCUT2D eigenvalue weighted by Gasteiger charge is 2.18. The average molecular weight is 346 g/mol. The van der Waals surface area contributed by atoms with Crippen LogP contribution >= 0.6 is 11.6 Å². The number of halogens is 1. The zero-order valence-corrected chi connectivity index (χ0v) is 14.4. The minimum absolute atomic E-state index is 0.230. The van der Waals surface area contributed by atoms with Crippen molar-refractivity contribution in [3.8, 4) is 0 Å². The Hall–Kier alpha value is -2.04. The normalized spacial score (nSPS) is 14.0. The van der Waals surface area contributed by atoms with E-state index in [1.54, 1.807) is 6.92 Å². The van der Waals surface area contributed by atoms with Gasteiger partial charge in [-0.2, -0.15) is 0 Å². The van der Waals surface area contributed by atoms with Crippen LogP contribution in [-0.2, 0) is 9.53 Å². The lowest BCUT2D eigenvalue weighted by atomic mass is 9.99. The molecule has 1 heterocycles. The van der Waals surface area contributed by atoms with Crippen LogP contribution in [0.1, 0.15) is 31.7 Å². The molecule has 0 bridgehead atoms. The van der Waals surface area contributed by atoms with Gasteiger partial charge in [-0.3, -0.25) is 4.79 Å². The smallest absolute Gasteiger partial charge is 0.313 e. The molecule has 1 aromatic heterocycles. The van der Waals surface area contributed by atoms with Gasteiger partial charge in [-0.05, 0) is 43.7 Å². The van der Waals surface area contributed by atoms with Crippen molar-refractivity contribution in [1.29, 1.82) is 0 Å². The van der Waals surface area contributed by atoms with Gasteiger partial charge < -0.3 is 14.8 Å². The highest BCUT2D eigenvalue weighted by Crippen LogP contribution is 2.30. The van der Waals surface area contributed by atoms with Crippen LogP contribution in [0.15, 0.2) is 36.4 Å². The zero-order valence-electron chi connectivity index (χ0n) is 13.7. The maximum atomic E-state index is 12.1. The van der Waals surface area contributed by atoms with Crippen molar-refractivity contribution < 1.29 is 14.6 Å². The molecular weight excluding hydrogens is 326 g/mol. The molecule has 0 spiro atoms. The highest BCUT2D eigenvalue weighted by atomic mass is 35.5. The number of H-pyrrole nitrogens is 1. The third-order valence-corrected chi connectivity index (χ3v) is 4.45. The summed E-state index contributed by atoms with van der Waals surface area (Å²) in [5.41, 5.74) is 2.87. The quantitative estimate of drug-likeness (QED) is 0.674. The minimum atomic E-state index is -0.470. The van der Waals surface area contributed by atoms with Crippen LogP contribution in [-0.4, -0.2) is 28.8 Å². The fraction of sp³-hybridized carbons (Fsp3) is 0.316. The van der Waals surface area contributed by atoms with E-state index >= 15 is 0 Å². The Morgan fingerprint density at radius 3 is 2.71 bits per heavy atom. The molecule has 2 aromatic carbocycles. The molecule has 0 saturated heterocycles. The summed E-state index contributed by atoms with van der Waals surface area (Å²) < 4.78 is 5.23. The molecule has 0 aliphatic carbocycles. The second kappa shape index (κ2) is 6.83. The van der Waals surface area contributed by atoms with Crippen molar-refractivity contribution in [3.63, 3.8) is 0 Å². The third kappa shape index (κ3) is 3.40. The minimum Gasteiger partial charge on any atom is -0.465 e. The van der Waals surface area contributed by atoms with Crippen LogP contribution in [0.2, 0.25) is 5.02 Å². The van der Waals surface area contributed by atoms with Crippen LogP contribution in [0.5, 0.6) is 0 Å². The summed E-state index contributed by atoms with van der Waals surface area (Å²) in [6.45, 7) is 3.73. The first-order valence-electron chi connectivity index (χ1n) is 8.01. The molecule has 0 fully saturated rings. The van der Waals surface area contributed by atoms with Gasteiger partial charge in [0.25, 0.3) is 0 Å². The first-order valence-corrected chi connectivity index (χ1v) is 8.39. The predicted molar refractivity (Wildman–Crippen MR) is 96.5 cm³/mol. The van der Waals surface area contributed by atoms with E-state index in [1.165, 1.54) is 0 Å². The number of aliphatic hydroxyl groups excluding tert-OH is 1. The second-order valence-corrected chi connectivity index (χ2v) is 6.58. The van der Waals surface area contributed by atoms with Crippen LogP contribution in [0.3, 0.4) is 0 Å². The SMILES string of the molecule is CC(O)CCOC(=O)C(C)c1ccc2c(c1)[nH]c1ccc(Cl)cc12. The second-order valence-electron chi connectivity index (χ2n) is 6.15. The Labute approximate surface area is 145 Å². The lowest BCUT2D eigenvalue weighted by molar-refractivity contribution is -0.145. The van der Waals surface area contributed by atoms with Crippen molar-refractivity contribution in [2.24, 2.45) is 0 Å². The van der Waals surface area contributed by atoms with Gasteiger partial charge in [-0.15, -0.1) is 0 Å². The Balaban J connectivity index is 1.84. The van der Waals surface area contributed by atoms with Crippen LogP contribution in [0, 0.1) is 0 Å². The van der Waals surface area contributed by atoms with Crippen LogP contribution in [0.4, 0.5) is 0 Å². The van der Waals surface area contributed by atoms with Crippen molar-refractivity contribution in [2.75, 3.05) is 6.61 Å². The summed E-state index contributed by atoms with van der Waals surface area (Å²) in [5, 5.41) is 12.1. The number of aromatic nitrogens is 1. The fourth-order valence-electron chi connectivity index (χ4n) is 2.75.